The van der Waals surface area contributed by atoms with E-state index < -0.39 is 0 Å². The summed E-state index contributed by atoms with van der Waals surface area (Å²) in [5, 5.41) is 18.5. The zero-order valence-electron chi connectivity index (χ0n) is 16.9. The fraction of sp³-hybridized carbons (Fsp3) is 0.0909. The number of rotatable bonds is 7. The largest absolute Gasteiger partial charge is 0.493 e. The van der Waals surface area contributed by atoms with Crippen LogP contribution in [0.3, 0.4) is 0 Å². The van der Waals surface area contributed by atoms with E-state index in [1.54, 1.807) is 54.5 Å². The Morgan fingerprint density at radius 2 is 1.68 bits per heavy atom. The van der Waals surface area contributed by atoms with E-state index in [9.17, 15) is 4.79 Å². The molecule has 0 saturated carbocycles. The minimum absolute atomic E-state index is 0.248. The van der Waals surface area contributed by atoms with Gasteiger partial charge in [0, 0.05) is 29.3 Å². The van der Waals surface area contributed by atoms with Gasteiger partial charge >= 0.3 is 0 Å². The van der Waals surface area contributed by atoms with Crippen molar-refractivity contribution in [2.45, 2.75) is 0 Å². The lowest BCUT2D eigenvalue weighted by Gasteiger charge is -2.11. The lowest BCUT2D eigenvalue weighted by molar-refractivity contribution is 0.102. The molecule has 31 heavy (non-hydrogen) atoms. The van der Waals surface area contributed by atoms with Gasteiger partial charge in [0.25, 0.3) is 5.91 Å². The number of hydrogen-bond donors (Lipinski definition) is 2. The average molecular weight is 416 g/mol. The third-order valence-electron chi connectivity index (χ3n) is 4.45. The quantitative estimate of drug-likeness (QED) is 0.474. The SMILES string of the molecule is COc1ccc(C(=O)Nc2ccc(Nc3ccc(-n4cccn4)nn3)cc2)cc1OC. The smallest absolute Gasteiger partial charge is 0.255 e. The molecule has 0 bridgehead atoms. The number of carbonyl (C=O) groups is 1. The van der Waals surface area contributed by atoms with Gasteiger partial charge in [-0.25, -0.2) is 4.68 Å². The second-order valence-electron chi connectivity index (χ2n) is 6.45. The highest BCUT2D eigenvalue weighted by atomic mass is 16.5. The van der Waals surface area contributed by atoms with Crippen molar-refractivity contribution in [2.24, 2.45) is 0 Å². The van der Waals surface area contributed by atoms with Gasteiger partial charge < -0.3 is 20.1 Å². The number of methoxy groups -OCH3 is 2. The van der Waals surface area contributed by atoms with Crippen molar-refractivity contribution in [3.8, 4) is 17.3 Å². The van der Waals surface area contributed by atoms with Crippen LogP contribution in [0.2, 0.25) is 0 Å². The lowest BCUT2D eigenvalue weighted by atomic mass is 10.1. The van der Waals surface area contributed by atoms with E-state index in [-0.39, 0.29) is 5.91 Å². The molecule has 4 rings (SSSR count). The third-order valence-corrected chi connectivity index (χ3v) is 4.45. The second kappa shape index (κ2) is 8.95. The standard InChI is InChI=1S/C22H20N6O3/c1-30-18-9-4-15(14-19(18)31-2)22(29)25-17-7-5-16(6-8-17)24-20-10-11-21(27-26-20)28-13-3-12-23-28/h3-14H,1-2H3,(H,24,26)(H,25,29). The molecular weight excluding hydrogens is 396 g/mol. The number of hydrogen-bond acceptors (Lipinski definition) is 7. The van der Waals surface area contributed by atoms with Crippen LogP contribution in [-0.2, 0) is 0 Å². The van der Waals surface area contributed by atoms with Gasteiger partial charge in [0.05, 0.1) is 14.2 Å². The fourth-order valence-corrected chi connectivity index (χ4v) is 2.88. The summed E-state index contributed by atoms with van der Waals surface area (Å²) in [6.07, 6.45) is 3.48. The summed E-state index contributed by atoms with van der Waals surface area (Å²) in [4.78, 5) is 12.5. The van der Waals surface area contributed by atoms with Crippen molar-refractivity contribution in [1.82, 2.24) is 20.0 Å². The van der Waals surface area contributed by atoms with Crippen LogP contribution >= 0.6 is 0 Å². The molecule has 9 nitrogen and oxygen atoms in total. The molecule has 2 aromatic heterocycles. The molecular formula is C22H20N6O3. The van der Waals surface area contributed by atoms with E-state index in [0.29, 0.717) is 34.4 Å². The monoisotopic (exact) mass is 416 g/mol. The number of aromatic nitrogens is 4. The van der Waals surface area contributed by atoms with Gasteiger partial charge in [-0.15, -0.1) is 10.2 Å². The van der Waals surface area contributed by atoms with Crippen molar-refractivity contribution >= 4 is 23.1 Å². The van der Waals surface area contributed by atoms with E-state index in [1.807, 2.05) is 30.3 Å². The van der Waals surface area contributed by atoms with Crippen LogP contribution in [0.15, 0.2) is 73.1 Å². The Morgan fingerprint density at radius 3 is 2.32 bits per heavy atom. The van der Waals surface area contributed by atoms with E-state index in [1.165, 1.54) is 7.11 Å². The highest BCUT2D eigenvalue weighted by Crippen LogP contribution is 2.28. The Bertz CT molecular complexity index is 1160. The van der Waals surface area contributed by atoms with Gasteiger partial charge in [-0.3, -0.25) is 4.79 Å². The molecule has 1 amide bonds. The molecule has 9 heteroatoms. The van der Waals surface area contributed by atoms with Crippen LogP contribution in [0.1, 0.15) is 10.4 Å². The zero-order valence-corrected chi connectivity index (χ0v) is 16.9. The van der Waals surface area contributed by atoms with Gasteiger partial charge in [0.2, 0.25) is 0 Å². The van der Waals surface area contributed by atoms with Crippen LogP contribution < -0.4 is 20.1 Å². The minimum Gasteiger partial charge on any atom is -0.493 e. The molecule has 0 radical (unpaired) electrons. The van der Waals surface area contributed by atoms with Crippen molar-refractivity contribution in [3.05, 3.63) is 78.6 Å². The molecule has 2 N–H and O–H groups in total. The summed E-state index contributed by atoms with van der Waals surface area (Å²) in [5.41, 5.74) is 1.93. The maximum absolute atomic E-state index is 12.5. The summed E-state index contributed by atoms with van der Waals surface area (Å²) < 4.78 is 12.1. The van der Waals surface area contributed by atoms with Crippen LogP contribution in [0.5, 0.6) is 11.5 Å². The Hall–Kier alpha value is -4.40. The molecule has 156 valence electrons. The maximum Gasteiger partial charge on any atom is 0.255 e. The van der Waals surface area contributed by atoms with Gasteiger partial charge in [-0.1, -0.05) is 0 Å². The van der Waals surface area contributed by atoms with Gasteiger partial charge in [-0.2, -0.15) is 5.10 Å². The van der Waals surface area contributed by atoms with Crippen LogP contribution in [0.25, 0.3) is 5.82 Å². The molecule has 0 atom stereocenters. The minimum atomic E-state index is -0.248. The molecule has 0 aliphatic carbocycles. The molecule has 0 aliphatic heterocycles. The highest BCUT2D eigenvalue weighted by Gasteiger charge is 2.11. The molecule has 2 aromatic carbocycles. The number of amides is 1. The summed E-state index contributed by atoms with van der Waals surface area (Å²) >= 11 is 0. The van der Waals surface area contributed by atoms with E-state index >= 15 is 0 Å². The Balaban J connectivity index is 1.39. The van der Waals surface area contributed by atoms with E-state index in [2.05, 4.69) is 25.9 Å². The Kier molecular flexibility index (Phi) is 5.75. The number of nitrogens with zero attached hydrogens (tertiary/aromatic N) is 4. The number of ether oxygens (including phenoxy) is 2. The first kappa shape index (κ1) is 19.9. The van der Waals surface area contributed by atoms with Crippen molar-refractivity contribution in [2.75, 3.05) is 24.9 Å². The van der Waals surface area contributed by atoms with Crippen LogP contribution in [-0.4, -0.2) is 40.1 Å². The maximum atomic E-state index is 12.5. The first-order valence-corrected chi connectivity index (χ1v) is 9.40. The lowest BCUT2D eigenvalue weighted by Crippen LogP contribution is -2.12. The number of carbonyl (C=O) groups excluding carboxylic acids is 1. The third kappa shape index (κ3) is 4.61. The van der Waals surface area contributed by atoms with Gasteiger partial charge in [-0.05, 0) is 60.7 Å². The number of benzene rings is 2. The van der Waals surface area contributed by atoms with Crippen LogP contribution in [0.4, 0.5) is 17.2 Å². The Labute approximate surface area is 178 Å². The first-order valence-electron chi connectivity index (χ1n) is 9.40. The van der Waals surface area contributed by atoms with E-state index in [4.69, 9.17) is 9.47 Å². The molecule has 2 heterocycles. The summed E-state index contributed by atoms with van der Waals surface area (Å²) in [6.45, 7) is 0. The summed E-state index contributed by atoms with van der Waals surface area (Å²) in [5.74, 6) is 2.04. The predicted molar refractivity (Wildman–Crippen MR) is 116 cm³/mol. The highest BCUT2D eigenvalue weighted by molar-refractivity contribution is 6.04. The predicted octanol–water partition coefficient (Wildman–Crippen LogP) is 3.68. The summed E-state index contributed by atoms with van der Waals surface area (Å²) in [6, 6.07) is 17.7. The molecule has 0 spiro atoms. The molecule has 0 aliphatic rings. The second-order valence-corrected chi connectivity index (χ2v) is 6.45. The molecule has 4 aromatic rings. The average Bonchev–Trinajstić information content (AvgIpc) is 3.35. The fourth-order valence-electron chi connectivity index (χ4n) is 2.88. The number of anilines is 3. The van der Waals surface area contributed by atoms with Crippen molar-refractivity contribution in [1.29, 1.82) is 0 Å². The first-order chi connectivity index (χ1) is 15.2. The molecule has 0 unspecified atom stereocenters. The summed E-state index contributed by atoms with van der Waals surface area (Å²) in [7, 11) is 3.08. The molecule has 0 saturated heterocycles. The van der Waals surface area contributed by atoms with Crippen molar-refractivity contribution in [3.63, 3.8) is 0 Å². The zero-order chi connectivity index (χ0) is 21.6. The van der Waals surface area contributed by atoms with E-state index in [0.717, 1.165) is 5.69 Å². The van der Waals surface area contributed by atoms with Gasteiger partial charge in [0.1, 0.15) is 0 Å². The molecule has 0 fully saturated rings. The number of nitrogens with one attached hydrogen (secondary N) is 2. The Morgan fingerprint density at radius 1 is 0.903 bits per heavy atom. The normalized spacial score (nSPS) is 10.4. The van der Waals surface area contributed by atoms with Crippen LogP contribution in [0, 0.1) is 0 Å². The van der Waals surface area contributed by atoms with Gasteiger partial charge in [0.15, 0.2) is 23.1 Å². The van der Waals surface area contributed by atoms with Crippen molar-refractivity contribution < 1.29 is 14.3 Å². The topological polar surface area (TPSA) is 103 Å².